The number of carbonyl (C=O) groups excluding carboxylic acids is 1. The highest BCUT2D eigenvalue weighted by Crippen LogP contribution is 2.38. The fourth-order valence-electron chi connectivity index (χ4n) is 2.73. The number of thiol groups is 1. The fraction of sp³-hybridized carbons (Fsp3) is 0.500. The minimum absolute atomic E-state index is 0.119. The number of piperidine rings is 1. The molecule has 3 rings (SSSR count). The van der Waals surface area contributed by atoms with E-state index in [1.165, 1.54) is 6.07 Å². The summed E-state index contributed by atoms with van der Waals surface area (Å²) in [7, 11) is 0. The molecule has 0 bridgehead atoms. The van der Waals surface area contributed by atoms with Crippen LogP contribution in [0.4, 0.5) is 4.39 Å². The van der Waals surface area contributed by atoms with E-state index in [1.807, 2.05) is 4.90 Å². The summed E-state index contributed by atoms with van der Waals surface area (Å²) >= 11 is 4.39. The summed E-state index contributed by atoms with van der Waals surface area (Å²) in [6, 6.07) is 6.16. The molecule has 2 unspecified atom stereocenters. The number of Topliss-reactive ketones (excluding diaryl/α,β-unsaturated/α-hetero) is 1. The predicted molar refractivity (Wildman–Crippen MR) is 79.1 cm³/mol. The van der Waals surface area contributed by atoms with Gasteiger partial charge in [0.15, 0.2) is 5.78 Å². The molecular formula is C16H18FNOS. The van der Waals surface area contributed by atoms with E-state index in [-0.39, 0.29) is 22.8 Å². The van der Waals surface area contributed by atoms with Gasteiger partial charge in [-0.2, -0.15) is 12.6 Å². The number of benzene rings is 1. The Balaban J connectivity index is 1.87. The molecule has 1 aliphatic carbocycles. The van der Waals surface area contributed by atoms with E-state index in [4.69, 9.17) is 0 Å². The summed E-state index contributed by atoms with van der Waals surface area (Å²) in [5.74, 6) is -0.0117. The van der Waals surface area contributed by atoms with E-state index in [9.17, 15) is 9.18 Å². The third-order valence-electron chi connectivity index (χ3n) is 4.03. The maximum absolute atomic E-state index is 14.1. The van der Waals surface area contributed by atoms with Crippen molar-refractivity contribution in [3.05, 3.63) is 42.1 Å². The van der Waals surface area contributed by atoms with Gasteiger partial charge in [-0.1, -0.05) is 18.2 Å². The fourth-order valence-corrected chi connectivity index (χ4v) is 2.93. The van der Waals surface area contributed by atoms with Crippen LogP contribution in [0.5, 0.6) is 0 Å². The number of carbonyl (C=O) groups is 1. The highest BCUT2D eigenvalue weighted by molar-refractivity contribution is 7.81. The molecule has 2 atom stereocenters. The Hall–Kier alpha value is -0.870. The summed E-state index contributed by atoms with van der Waals surface area (Å²) in [5.41, 5.74) is 0.504. The van der Waals surface area contributed by atoms with Gasteiger partial charge >= 0.3 is 0 Å². The van der Waals surface area contributed by atoms with Crippen molar-refractivity contribution in [1.29, 1.82) is 0 Å². The van der Waals surface area contributed by atoms with Crippen molar-refractivity contribution in [2.24, 2.45) is 5.92 Å². The summed E-state index contributed by atoms with van der Waals surface area (Å²) in [6.45, 7) is 1.34. The third-order valence-corrected chi connectivity index (χ3v) is 4.47. The van der Waals surface area contributed by atoms with Gasteiger partial charge in [0, 0.05) is 36.2 Å². The molecule has 0 amide bonds. The molecule has 2 radical (unpaired) electrons. The van der Waals surface area contributed by atoms with Crippen molar-refractivity contribution >= 4 is 18.4 Å². The van der Waals surface area contributed by atoms with E-state index in [0.29, 0.717) is 12.1 Å². The van der Waals surface area contributed by atoms with Crippen LogP contribution in [-0.4, -0.2) is 29.0 Å². The van der Waals surface area contributed by atoms with E-state index >= 15 is 0 Å². The first-order valence-corrected chi connectivity index (χ1v) is 7.62. The van der Waals surface area contributed by atoms with Crippen LogP contribution in [0.25, 0.3) is 0 Å². The van der Waals surface area contributed by atoms with E-state index in [0.717, 1.165) is 25.8 Å². The van der Waals surface area contributed by atoms with Crippen molar-refractivity contribution in [2.75, 3.05) is 13.1 Å². The first kappa shape index (κ1) is 14.1. The van der Waals surface area contributed by atoms with Crippen LogP contribution >= 0.6 is 12.6 Å². The number of ketones is 1. The van der Waals surface area contributed by atoms with Crippen LogP contribution in [-0.2, 0) is 4.79 Å². The lowest BCUT2D eigenvalue weighted by Crippen LogP contribution is -2.41. The monoisotopic (exact) mass is 291 g/mol. The van der Waals surface area contributed by atoms with Gasteiger partial charge in [0.2, 0.25) is 0 Å². The van der Waals surface area contributed by atoms with Gasteiger partial charge in [0.05, 0.1) is 6.04 Å². The van der Waals surface area contributed by atoms with E-state index in [2.05, 4.69) is 19.0 Å². The molecule has 1 heterocycles. The Bertz CT molecular complexity index is 495. The molecule has 1 aliphatic heterocycles. The lowest BCUT2D eigenvalue weighted by molar-refractivity contribution is -0.126. The standard InChI is InChI=1S/C16H18FNOS/c17-14-4-2-1-3-13(14)15(16(19)11-5-6-11)18-9-7-12(20)8-10-18/h1-4,11-12,15,20H,5-7,9-10H2. The first-order chi connectivity index (χ1) is 9.66. The Morgan fingerprint density at radius 2 is 2.10 bits per heavy atom. The molecule has 2 fully saturated rings. The summed E-state index contributed by atoms with van der Waals surface area (Å²) < 4.78 is 14.1. The van der Waals surface area contributed by atoms with Gasteiger partial charge in [-0.05, 0) is 25.3 Å². The van der Waals surface area contributed by atoms with E-state index < -0.39 is 6.04 Å². The van der Waals surface area contributed by atoms with Gasteiger partial charge < -0.3 is 0 Å². The normalized spacial score (nSPS) is 22.7. The number of rotatable bonds is 4. The number of halogens is 1. The molecule has 2 nitrogen and oxygen atoms in total. The third kappa shape index (κ3) is 2.91. The van der Waals surface area contributed by atoms with Crippen molar-refractivity contribution in [1.82, 2.24) is 4.90 Å². The topological polar surface area (TPSA) is 20.3 Å². The Morgan fingerprint density at radius 1 is 1.35 bits per heavy atom. The Morgan fingerprint density at radius 3 is 2.70 bits per heavy atom. The molecule has 1 aromatic rings. The zero-order valence-corrected chi connectivity index (χ0v) is 12.2. The van der Waals surface area contributed by atoms with Crippen LogP contribution in [0.1, 0.15) is 30.9 Å². The molecule has 20 heavy (non-hydrogen) atoms. The van der Waals surface area contributed by atoms with Crippen molar-refractivity contribution in [3.8, 4) is 0 Å². The molecule has 4 heteroatoms. The maximum Gasteiger partial charge on any atom is 0.157 e. The smallest absolute Gasteiger partial charge is 0.157 e. The zero-order valence-electron chi connectivity index (χ0n) is 11.3. The van der Waals surface area contributed by atoms with Crippen LogP contribution in [0, 0.1) is 18.2 Å². The molecular weight excluding hydrogens is 273 g/mol. The van der Waals surface area contributed by atoms with Crippen molar-refractivity contribution < 1.29 is 9.18 Å². The number of hydrogen-bond donors (Lipinski definition) is 1. The average molecular weight is 291 g/mol. The lowest BCUT2D eigenvalue weighted by Gasteiger charge is -2.35. The second-order valence-electron chi connectivity index (χ2n) is 5.58. The van der Waals surface area contributed by atoms with Crippen molar-refractivity contribution in [3.63, 3.8) is 0 Å². The van der Waals surface area contributed by atoms with Gasteiger partial charge in [-0.3, -0.25) is 9.69 Å². The molecule has 1 aromatic carbocycles. The second kappa shape index (κ2) is 5.86. The first-order valence-electron chi connectivity index (χ1n) is 7.10. The minimum atomic E-state index is -0.461. The quantitative estimate of drug-likeness (QED) is 0.861. The molecule has 1 saturated carbocycles. The summed E-state index contributed by atoms with van der Waals surface area (Å²) in [4.78, 5) is 14.6. The van der Waals surface area contributed by atoms with Gasteiger partial charge in [0.1, 0.15) is 5.82 Å². The van der Waals surface area contributed by atoms with Crippen LogP contribution in [0.2, 0.25) is 0 Å². The largest absolute Gasteiger partial charge is 0.297 e. The maximum atomic E-state index is 14.1. The summed E-state index contributed by atoms with van der Waals surface area (Å²) in [6.07, 6.45) is 5.97. The number of likely N-dealkylation sites (tertiary alicyclic amines) is 1. The number of hydrogen-bond acceptors (Lipinski definition) is 3. The highest BCUT2D eigenvalue weighted by atomic mass is 32.1. The zero-order chi connectivity index (χ0) is 14.1. The van der Waals surface area contributed by atoms with Crippen molar-refractivity contribution in [2.45, 2.75) is 30.6 Å². The molecule has 1 saturated heterocycles. The average Bonchev–Trinajstić information content (AvgIpc) is 3.27. The molecule has 2 aliphatic rings. The number of nitrogens with zero attached hydrogens (tertiary/aromatic N) is 1. The predicted octanol–water partition coefficient (Wildman–Crippen LogP) is 2.93. The highest BCUT2D eigenvalue weighted by Gasteiger charge is 2.40. The molecule has 0 spiro atoms. The second-order valence-corrected chi connectivity index (χ2v) is 6.20. The van der Waals surface area contributed by atoms with E-state index in [1.54, 1.807) is 18.2 Å². The van der Waals surface area contributed by atoms with Crippen LogP contribution in [0.15, 0.2) is 24.3 Å². The van der Waals surface area contributed by atoms with Gasteiger partial charge in [0.25, 0.3) is 0 Å². The summed E-state index contributed by atoms with van der Waals surface area (Å²) in [5, 5.41) is 0.156. The molecule has 0 aromatic heterocycles. The lowest BCUT2D eigenvalue weighted by atomic mass is 9.95. The molecule has 106 valence electrons. The molecule has 0 N–H and O–H groups in total. The van der Waals surface area contributed by atoms with Gasteiger partial charge in [-0.15, -0.1) is 0 Å². The Labute approximate surface area is 124 Å². The van der Waals surface area contributed by atoms with Gasteiger partial charge in [-0.25, -0.2) is 4.39 Å². The van der Waals surface area contributed by atoms with Crippen LogP contribution < -0.4 is 0 Å². The minimum Gasteiger partial charge on any atom is -0.297 e. The SMILES string of the molecule is O=C(C1CC1)C(c1ccccc1F)N1C[C]C(S)CC1. The van der Waals surface area contributed by atoms with Crippen LogP contribution in [0.3, 0.4) is 0 Å². The Kier molecular flexibility index (Phi) is 4.13.